The number of rotatable bonds is 4. The quantitative estimate of drug-likeness (QED) is 0.837. The summed E-state index contributed by atoms with van der Waals surface area (Å²) in [5.41, 5.74) is 2.37. The standard InChI is InChI=1S/C14H15NOS/c1-2-11-5-7-12(8-6-11)14(17)15-10-13-4-3-9-16-13/h3-9H,2,10H2,1H3,(H,15,17). The van der Waals surface area contributed by atoms with Gasteiger partial charge in [0.05, 0.1) is 12.8 Å². The van der Waals surface area contributed by atoms with Gasteiger partial charge in [0.1, 0.15) is 10.7 Å². The molecule has 3 heteroatoms. The fourth-order valence-electron chi connectivity index (χ4n) is 1.57. The average Bonchev–Trinajstić information content (AvgIpc) is 2.89. The second-order valence-corrected chi connectivity index (χ2v) is 4.22. The van der Waals surface area contributed by atoms with Gasteiger partial charge >= 0.3 is 0 Å². The molecular weight excluding hydrogens is 230 g/mol. The minimum Gasteiger partial charge on any atom is -0.467 e. The molecule has 0 saturated heterocycles. The van der Waals surface area contributed by atoms with Crippen LogP contribution in [0.25, 0.3) is 0 Å². The zero-order valence-electron chi connectivity index (χ0n) is 9.77. The summed E-state index contributed by atoms with van der Waals surface area (Å²) in [5.74, 6) is 0.887. The Hall–Kier alpha value is -1.61. The normalized spacial score (nSPS) is 10.2. The van der Waals surface area contributed by atoms with Gasteiger partial charge in [-0.05, 0) is 24.1 Å². The second kappa shape index (κ2) is 5.64. The lowest BCUT2D eigenvalue weighted by atomic mass is 10.1. The molecule has 0 aliphatic carbocycles. The maximum absolute atomic E-state index is 5.32. The molecule has 1 aromatic heterocycles. The fraction of sp³-hybridized carbons (Fsp3) is 0.214. The zero-order chi connectivity index (χ0) is 12.1. The van der Waals surface area contributed by atoms with E-state index in [2.05, 4.69) is 36.5 Å². The molecule has 2 nitrogen and oxygen atoms in total. The van der Waals surface area contributed by atoms with E-state index in [4.69, 9.17) is 16.6 Å². The van der Waals surface area contributed by atoms with E-state index in [1.54, 1.807) is 6.26 Å². The van der Waals surface area contributed by atoms with Crippen LogP contribution in [0, 0.1) is 0 Å². The zero-order valence-corrected chi connectivity index (χ0v) is 10.6. The third-order valence-corrected chi connectivity index (χ3v) is 3.01. The maximum Gasteiger partial charge on any atom is 0.122 e. The minimum absolute atomic E-state index is 0.626. The van der Waals surface area contributed by atoms with E-state index < -0.39 is 0 Å². The number of benzene rings is 1. The van der Waals surface area contributed by atoms with Crippen molar-refractivity contribution in [2.75, 3.05) is 0 Å². The number of aryl methyl sites for hydroxylation is 1. The first kappa shape index (κ1) is 11.9. The van der Waals surface area contributed by atoms with Crippen molar-refractivity contribution in [3.8, 4) is 0 Å². The van der Waals surface area contributed by atoms with E-state index >= 15 is 0 Å². The van der Waals surface area contributed by atoms with Crippen molar-refractivity contribution < 1.29 is 4.42 Å². The summed E-state index contributed by atoms with van der Waals surface area (Å²) >= 11 is 5.32. The van der Waals surface area contributed by atoms with Crippen LogP contribution in [0.2, 0.25) is 0 Å². The van der Waals surface area contributed by atoms with Crippen molar-refractivity contribution in [3.63, 3.8) is 0 Å². The van der Waals surface area contributed by atoms with Crippen molar-refractivity contribution in [2.24, 2.45) is 0 Å². The Kier molecular flexibility index (Phi) is 3.94. The van der Waals surface area contributed by atoms with Crippen LogP contribution in [0.4, 0.5) is 0 Å². The molecule has 1 N–H and O–H groups in total. The summed E-state index contributed by atoms with van der Waals surface area (Å²) in [6, 6.07) is 12.1. The SMILES string of the molecule is CCc1ccc(C(=S)NCc2ccco2)cc1. The Morgan fingerprint density at radius 1 is 1.24 bits per heavy atom. The van der Waals surface area contributed by atoms with Crippen LogP contribution >= 0.6 is 12.2 Å². The van der Waals surface area contributed by atoms with Crippen LogP contribution in [0.5, 0.6) is 0 Å². The van der Waals surface area contributed by atoms with Crippen molar-refractivity contribution in [1.82, 2.24) is 5.32 Å². The monoisotopic (exact) mass is 245 g/mol. The van der Waals surface area contributed by atoms with Crippen molar-refractivity contribution in [1.29, 1.82) is 0 Å². The molecule has 1 heterocycles. The van der Waals surface area contributed by atoms with Crippen LogP contribution in [-0.4, -0.2) is 4.99 Å². The molecule has 17 heavy (non-hydrogen) atoms. The molecular formula is C14H15NOS. The number of thiocarbonyl (C=S) groups is 1. The molecule has 1 aromatic carbocycles. The molecule has 2 aromatic rings. The van der Waals surface area contributed by atoms with E-state index in [0.29, 0.717) is 6.54 Å². The van der Waals surface area contributed by atoms with Crippen molar-refractivity contribution in [3.05, 3.63) is 59.5 Å². The third-order valence-electron chi connectivity index (χ3n) is 2.63. The molecule has 0 spiro atoms. The third kappa shape index (κ3) is 3.17. The smallest absolute Gasteiger partial charge is 0.122 e. The van der Waals surface area contributed by atoms with Gasteiger partial charge in [-0.15, -0.1) is 0 Å². The lowest BCUT2D eigenvalue weighted by Gasteiger charge is -2.07. The molecule has 0 unspecified atom stereocenters. The molecule has 0 amide bonds. The van der Waals surface area contributed by atoms with Crippen molar-refractivity contribution >= 4 is 17.2 Å². The second-order valence-electron chi connectivity index (χ2n) is 3.81. The van der Waals surface area contributed by atoms with Gasteiger partial charge in [-0.2, -0.15) is 0 Å². The summed E-state index contributed by atoms with van der Waals surface area (Å²) < 4.78 is 5.23. The summed E-state index contributed by atoms with van der Waals surface area (Å²) in [4.78, 5) is 0.754. The lowest BCUT2D eigenvalue weighted by molar-refractivity contribution is 0.504. The summed E-state index contributed by atoms with van der Waals surface area (Å²) in [5, 5.41) is 3.18. The number of hydrogen-bond acceptors (Lipinski definition) is 2. The highest BCUT2D eigenvalue weighted by Crippen LogP contribution is 2.06. The Morgan fingerprint density at radius 3 is 2.59 bits per heavy atom. The van der Waals surface area contributed by atoms with Gasteiger partial charge in [-0.3, -0.25) is 0 Å². The van der Waals surface area contributed by atoms with E-state index in [1.807, 2.05) is 12.1 Å². The lowest BCUT2D eigenvalue weighted by Crippen LogP contribution is -2.21. The number of nitrogens with one attached hydrogen (secondary N) is 1. The Labute approximate surface area is 107 Å². The average molecular weight is 245 g/mol. The summed E-state index contributed by atoms with van der Waals surface area (Å²) in [7, 11) is 0. The molecule has 0 fully saturated rings. The predicted molar refractivity (Wildman–Crippen MR) is 73.1 cm³/mol. The fourth-order valence-corrected chi connectivity index (χ4v) is 1.78. The number of hydrogen-bond donors (Lipinski definition) is 1. The number of furan rings is 1. The molecule has 0 bridgehead atoms. The van der Waals surface area contributed by atoms with Gasteiger partial charge < -0.3 is 9.73 Å². The highest BCUT2D eigenvalue weighted by molar-refractivity contribution is 7.80. The van der Waals surface area contributed by atoms with Gasteiger partial charge in [0.25, 0.3) is 0 Å². The largest absolute Gasteiger partial charge is 0.467 e. The molecule has 0 aliphatic heterocycles. The molecule has 0 radical (unpaired) electrons. The molecule has 0 atom stereocenters. The van der Waals surface area contributed by atoms with Crippen LogP contribution < -0.4 is 5.32 Å². The first-order valence-electron chi connectivity index (χ1n) is 5.69. The van der Waals surface area contributed by atoms with Crippen LogP contribution in [0.15, 0.2) is 47.1 Å². The molecule has 0 saturated carbocycles. The predicted octanol–water partition coefficient (Wildman–Crippen LogP) is 3.31. The Morgan fingerprint density at radius 2 is 2.00 bits per heavy atom. The van der Waals surface area contributed by atoms with Crippen molar-refractivity contribution in [2.45, 2.75) is 19.9 Å². The molecule has 0 aliphatic rings. The first-order chi connectivity index (χ1) is 8.29. The first-order valence-corrected chi connectivity index (χ1v) is 6.10. The maximum atomic E-state index is 5.32. The van der Waals surface area contributed by atoms with E-state index in [9.17, 15) is 0 Å². The topological polar surface area (TPSA) is 25.2 Å². The summed E-state index contributed by atoms with van der Waals surface area (Å²) in [6.45, 7) is 2.77. The highest BCUT2D eigenvalue weighted by atomic mass is 32.1. The Bertz CT molecular complexity index is 473. The van der Waals surface area contributed by atoms with E-state index in [0.717, 1.165) is 22.7 Å². The van der Waals surface area contributed by atoms with Crippen LogP contribution in [0.3, 0.4) is 0 Å². The molecule has 88 valence electrons. The summed E-state index contributed by atoms with van der Waals surface area (Å²) in [6.07, 6.45) is 2.71. The van der Waals surface area contributed by atoms with Gasteiger partial charge in [0, 0.05) is 5.56 Å². The van der Waals surface area contributed by atoms with Gasteiger partial charge in [0.2, 0.25) is 0 Å². The van der Waals surface area contributed by atoms with Gasteiger partial charge in [-0.25, -0.2) is 0 Å². The Balaban J connectivity index is 1.95. The van der Waals surface area contributed by atoms with E-state index in [-0.39, 0.29) is 0 Å². The highest BCUT2D eigenvalue weighted by Gasteiger charge is 2.01. The van der Waals surface area contributed by atoms with Crippen LogP contribution in [0.1, 0.15) is 23.8 Å². The van der Waals surface area contributed by atoms with Gasteiger partial charge in [0.15, 0.2) is 0 Å². The minimum atomic E-state index is 0.626. The molecule has 2 rings (SSSR count). The van der Waals surface area contributed by atoms with Crippen LogP contribution in [-0.2, 0) is 13.0 Å². The van der Waals surface area contributed by atoms with E-state index in [1.165, 1.54) is 5.56 Å². The van der Waals surface area contributed by atoms with Gasteiger partial charge in [-0.1, -0.05) is 43.4 Å².